The van der Waals surface area contributed by atoms with Gasteiger partial charge in [-0.2, -0.15) is 4.39 Å². The van der Waals surface area contributed by atoms with Crippen molar-refractivity contribution in [3.8, 4) is 0 Å². The number of nitrogens with zero attached hydrogens (tertiary/aromatic N) is 1. The van der Waals surface area contributed by atoms with Crippen LogP contribution in [0.25, 0.3) is 0 Å². The van der Waals surface area contributed by atoms with Crippen LogP contribution in [0.5, 0.6) is 0 Å². The Morgan fingerprint density at radius 3 is 2.33 bits per heavy atom. The van der Waals surface area contributed by atoms with Crippen LogP contribution in [0.3, 0.4) is 0 Å². The minimum Gasteiger partial charge on any atom is -0.322 e. The maximum absolute atomic E-state index is 13.3. The number of halogens is 1. The first-order valence-corrected chi connectivity index (χ1v) is 8.02. The van der Waals surface area contributed by atoms with E-state index in [1.165, 1.54) is 31.3 Å². The molecule has 2 rings (SSSR count). The van der Waals surface area contributed by atoms with Crippen molar-refractivity contribution in [3.63, 3.8) is 0 Å². The summed E-state index contributed by atoms with van der Waals surface area (Å²) >= 11 is 0. The third-order valence-electron chi connectivity index (χ3n) is 3.10. The molecule has 0 saturated carbocycles. The fourth-order valence-corrected chi connectivity index (χ4v) is 2.56. The van der Waals surface area contributed by atoms with Crippen molar-refractivity contribution in [2.75, 3.05) is 12.4 Å². The van der Waals surface area contributed by atoms with Crippen LogP contribution in [-0.2, 0) is 10.0 Å². The fourth-order valence-electron chi connectivity index (χ4n) is 1.83. The predicted octanol–water partition coefficient (Wildman–Crippen LogP) is 1.89. The number of nitrogens with one attached hydrogen (secondary N) is 2. The third-order valence-corrected chi connectivity index (χ3v) is 4.53. The molecule has 8 nitrogen and oxygen atoms in total. The first-order chi connectivity index (χ1) is 11.2. The van der Waals surface area contributed by atoms with Crippen molar-refractivity contribution in [2.24, 2.45) is 0 Å². The highest BCUT2D eigenvalue weighted by molar-refractivity contribution is 7.89. The lowest BCUT2D eigenvalue weighted by molar-refractivity contribution is -0.387. The molecule has 24 heavy (non-hydrogen) atoms. The Bertz CT molecular complexity index is 897. The molecule has 0 saturated heterocycles. The van der Waals surface area contributed by atoms with Gasteiger partial charge in [0.2, 0.25) is 15.8 Å². The van der Waals surface area contributed by atoms with E-state index >= 15 is 0 Å². The molecule has 0 bridgehead atoms. The van der Waals surface area contributed by atoms with Crippen LogP contribution in [0.2, 0.25) is 0 Å². The number of nitro groups is 1. The van der Waals surface area contributed by atoms with Gasteiger partial charge in [-0.05, 0) is 43.4 Å². The third kappa shape index (κ3) is 3.73. The standard InChI is InChI=1S/C14H12FN3O5S/c1-16-24(22,23)11-5-3-10(4-6-11)17-14(19)9-2-7-12(15)13(8-9)18(20)21/h2-8,16H,1H3,(H,17,19). The Kier molecular flexibility index (Phi) is 4.90. The van der Waals surface area contributed by atoms with E-state index in [2.05, 4.69) is 10.0 Å². The number of carbonyl (C=O) groups excluding carboxylic acids is 1. The average Bonchev–Trinajstić information content (AvgIpc) is 2.55. The summed E-state index contributed by atoms with van der Waals surface area (Å²) in [6.45, 7) is 0. The minimum atomic E-state index is -3.59. The second-order valence-corrected chi connectivity index (χ2v) is 6.50. The second kappa shape index (κ2) is 6.72. The molecule has 0 fully saturated rings. The summed E-state index contributed by atoms with van der Waals surface area (Å²) in [5, 5.41) is 13.1. The highest BCUT2D eigenvalue weighted by atomic mass is 32.2. The lowest BCUT2D eigenvalue weighted by Gasteiger charge is -2.07. The van der Waals surface area contributed by atoms with Crippen molar-refractivity contribution in [3.05, 3.63) is 64.0 Å². The van der Waals surface area contributed by atoms with E-state index in [0.717, 1.165) is 18.2 Å². The number of sulfonamides is 1. The monoisotopic (exact) mass is 353 g/mol. The quantitative estimate of drug-likeness (QED) is 0.628. The summed E-state index contributed by atoms with van der Waals surface area (Å²) in [5.74, 6) is -1.74. The van der Waals surface area contributed by atoms with Gasteiger partial charge in [0.05, 0.1) is 9.82 Å². The van der Waals surface area contributed by atoms with Gasteiger partial charge in [0, 0.05) is 17.3 Å². The lowest BCUT2D eigenvalue weighted by atomic mass is 10.1. The SMILES string of the molecule is CNS(=O)(=O)c1ccc(NC(=O)c2ccc(F)c([N+](=O)[O-])c2)cc1. The Morgan fingerprint density at radius 2 is 1.79 bits per heavy atom. The van der Waals surface area contributed by atoms with E-state index in [4.69, 9.17) is 0 Å². The molecule has 0 atom stereocenters. The number of carbonyl (C=O) groups is 1. The number of hydrogen-bond donors (Lipinski definition) is 2. The van der Waals surface area contributed by atoms with Crippen molar-refractivity contribution < 1.29 is 22.5 Å². The van der Waals surface area contributed by atoms with Gasteiger partial charge in [-0.3, -0.25) is 14.9 Å². The van der Waals surface area contributed by atoms with Crippen molar-refractivity contribution in [1.82, 2.24) is 4.72 Å². The zero-order valence-corrected chi connectivity index (χ0v) is 13.1. The molecule has 0 aliphatic rings. The summed E-state index contributed by atoms with van der Waals surface area (Å²) in [7, 11) is -2.32. The maximum atomic E-state index is 13.3. The molecule has 0 spiro atoms. The first kappa shape index (κ1) is 17.5. The zero-order valence-electron chi connectivity index (χ0n) is 12.3. The van der Waals surface area contributed by atoms with E-state index in [9.17, 15) is 27.7 Å². The number of amides is 1. The molecule has 0 aliphatic heterocycles. The maximum Gasteiger partial charge on any atom is 0.305 e. The summed E-state index contributed by atoms with van der Waals surface area (Å²) in [4.78, 5) is 21.8. The molecule has 0 aliphatic carbocycles. The highest BCUT2D eigenvalue weighted by Crippen LogP contribution is 2.20. The van der Waals surface area contributed by atoms with E-state index in [1.807, 2.05) is 0 Å². The number of benzene rings is 2. The molecule has 0 heterocycles. The van der Waals surface area contributed by atoms with E-state index in [1.54, 1.807) is 0 Å². The second-order valence-electron chi connectivity index (χ2n) is 4.61. The molecular formula is C14H12FN3O5S. The summed E-state index contributed by atoms with van der Waals surface area (Å²) in [5.41, 5.74) is -0.629. The van der Waals surface area contributed by atoms with Crippen LogP contribution in [0, 0.1) is 15.9 Å². The van der Waals surface area contributed by atoms with Gasteiger partial charge in [-0.25, -0.2) is 13.1 Å². The Labute approximate surface area is 136 Å². The largest absolute Gasteiger partial charge is 0.322 e. The van der Waals surface area contributed by atoms with Crippen molar-refractivity contribution >= 4 is 27.3 Å². The van der Waals surface area contributed by atoms with Crippen LogP contribution < -0.4 is 10.0 Å². The molecular weight excluding hydrogens is 341 g/mol. The minimum absolute atomic E-state index is 0.0143. The molecule has 2 aromatic carbocycles. The predicted molar refractivity (Wildman–Crippen MR) is 83.7 cm³/mol. The topological polar surface area (TPSA) is 118 Å². The van der Waals surface area contributed by atoms with Gasteiger partial charge in [0.15, 0.2) is 0 Å². The summed E-state index contributed by atoms with van der Waals surface area (Å²) < 4.78 is 38.6. The summed E-state index contributed by atoms with van der Waals surface area (Å²) in [6.07, 6.45) is 0. The average molecular weight is 353 g/mol. The van der Waals surface area contributed by atoms with E-state index in [0.29, 0.717) is 0 Å². The van der Waals surface area contributed by atoms with Gasteiger partial charge in [-0.1, -0.05) is 0 Å². The Balaban J connectivity index is 2.21. The summed E-state index contributed by atoms with van der Waals surface area (Å²) in [6, 6.07) is 8.06. The first-order valence-electron chi connectivity index (χ1n) is 6.53. The van der Waals surface area contributed by atoms with Crippen LogP contribution in [-0.4, -0.2) is 26.3 Å². The zero-order chi connectivity index (χ0) is 17.9. The van der Waals surface area contributed by atoms with Crippen LogP contribution in [0.1, 0.15) is 10.4 Å². The molecule has 2 aromatic rings. The fraction of sp³-hybridized carbons (Fsp3) is 0.0714. The number of nitro benzene ring substituents is 1. The highest BCUT2D eigenvalue weighted by Gasteiger charge is 2.18. The van der Waals surface area contributed by atoms with Gasteiger partial charge in [-0.15, -0.1) is 0 Å². The van der Waals surface area contributed by atoms with E-state index < -0.39 is 32.4 Å². The Morgan fingerprint density at radius 1 is 1.17 bits per heavy atom. The van der Waals surface area contributed by atoms with Crippen molar-refractivity contribution in [1.29, 1.82) is 0 Å². The van der Waals surface area contributed by atoms with Crippen LogP contribution in [0.4, 0.5) is 15.8 Å². The molecule has 10 heteroatoms. The molecule has 0 unspecified atom stereocenters. The van der Waals surface area contributed by atoms with E-state index in [-0.39, 0.29) is 16.1 Å². The normalized spacial score (nSPS) is 11.1. The van der Waals surface area contributed by atoms with Gasteiger partial charge < -0.3 is 5.32 Å². The molecule has 126 valence electrons. The van der Waals surface area contributed by atoms with Crippen LogP contribution >= 0.6 is 0 Å². The Hall–Kier alpha value is -2.85. The molecule has 0 aromatic heterocycles. The number of hydrogen-bond acceptors (Lipinski definition) is 5. The molecule has 2 N–H and O–H groups in total. The number of anilines is 1. The van der Waals surface area contributed by atoms with Crippen LogP contribution in [0.15, 0.2) is 47.4 Å². The smallest absolute Gasteiger partial charge is 0.305 e. The lowest BCUT2D eigenvalue weighted by Crippen LogP contribution is -2.18. The molecule has 0 radical (unpaired) electrons. The molecule has 1 amide bonds. The number of rotatable bonds is 5. The van der Waals surface area contributed by atoms with Crippen molar-refractivity contribution in [2.45, 2.75) is 4.90 Å². The van der Waals surface area contributed by atoms with Gasteiger partial charge in [0.25, 0.3) is 5.91 Å². The van der Waals surface area contributed by atoms with Gasteiger partial charge >= 0.3 is 5.69 Å². The van der Waals surface area contributed by atoms with Gasteiger partial charge in [0.1, 0.15) is 0 Å².